The number of carbonyl (C=O) groups is 2. The number of para-hydroxylation sites is 1. The molecular formula is C26H29NO7. The van der Waals surface area contributed by atoms with Gasteiger partial charge in [-0.15, -0.1) is 0 Å². The van der Waals surface area contributed by atoms with Crippen LogP contribution in [0.5, 0.6) is 0 Å². The van der Waals surface area contributed by atoms with Crippen LogP contribution in [0, 0.1) is 44.6 Å². The number of allylic oxidation sites excluding steroid dienone is 1. The minimum absolute atomic E-state index is 0.0161. The van der Waals surface area contributed by atoms with Crippen LogP contribution in [0.15, 0.2) is 36.4 Å². The van der Waals surface area contributed by atoms with Crippen molar-refractivity contribution in [2.45, 2.75) is 63.8 Å². The molecule has 1 aliphatic heterocycles. The van der Waals surface area contributed by atoms with Gasteiger partial charge >= 0.3 is 11.9 Å². The van der Waals surface area contributed by atoms with Gasteiger partial charge < -0.3 is 14.6 Å². The summed E-state index contributed by atoms with van der Waals surface area (Å²) in [5, 5.41) is 22.4. The second kappa shape index (κ2) is 6.90. The fraction of sp³-hybridized carbons (Fsp3) is 0.615. The lowest BCUT2D eigenvalue weighted by atomic mass is 9.59. The SMILES string of the molecule is C=C1C[C@]23C[C@H]1CC[C@H]2[C@@]12CC[C@H](O)[C@@](C)(C(=O)O1)[C@H]2[C@@H]3C(=O)OCc1ccccc1[N+](=O)[O-]. The minimum Gasteiger partial charge on any atom is -0.460 e. The van der Waals surface area contributed by atoms with Gasteiger partial charge in [0.05, 0.1) is 27.9 Å². The summed E-state index contributed by atoms with van der Waals surface area (Å²) in [4.78, 5) is 38.0. The number of nitrogens with zero attached hydrogens (tertiary/aromatic N) is 1. The molecule has 0 radical (unpaired) electrons. The van der Waals surface area contributed by atoms with Crippen LogP contribution in [0.1, 0.15) is 51.0 Å². The van der Waals surface area contributed by atoms with Crippen molar-refractivity contribution in [3.63, 3.8) is 0 Å². The van der Waals surface area contributed by atoms with Crippen molar-refractivity contribution in [1.29, 1.82) is 0 Å². The van der Waals surface area contributed by atoms with Gasteiger partial charge in [0.15, 0.2) is 0 Å². The van der Waals surface area contributed by atoms with E-state index in [2.05, 4.69) is 6.58 Å². The molecule has 34 heavy (non-hydrogen) atoms. The molecule has 5 fully saturated rings. The van der Waals surface area contributed by atoms with Crippen LogP contribution in [0.4, 0.5) is 5.69 Å². The van der Waals surface area contributed by atoms with Gasteiger partial charge in [-0.1, -0.05) is 24.3 Å². The number of hydrogen-bond acceptors (Lipinski definition) is 7. The number of nitro benzene ring substituents is 1. The molecule has 1 spiro atoms. The Morgan fingerprint density at radius 2 is 2.09 bits per heavy atom. The van der Waals surface area contributed by atoms with E-state index in [0.717, 1.165) is 24.8 Å². The van der Waals surface area contributed by atoms with Gasteiger partial charge in [-0.05, 0) is 62.8 Å². The quantitative estimate of drug-likeness (QED) is 0.311. The van der Waals surface area contributed by atoms with Gasteiger partial charge in [0.2, 0.25) is 0 Å². The topological polar surface area (TPSA) is 116 Å². The Balaban J connectivity index is 1.41. The third-order valence-corrected chi connectivity index (χ3v) is 10.0. The third-order valence-electron chi connectivity index (χ3n) is 10.0. The first-order valence-corrected chi connectivity index (χ1v) is 12.1. The molecule has 1 saturated heterocycles. The molecule has 4 saturated carbocycles. The van der Waals surface area contributed by atoms with Crippen LogP contribution in [0.3, 0.4) is 0 Å². The fourth-order valence-electron chi connectivity index (χ4n) is 8.69. The zero-order valence-corrected chi connectivity index (χ0v) is 19.2. The first kappa shape index (κ1) is 21.8. The standard InChI is InChI=1S/C26H29NO7/c1-14-11-25-12-15(14)7-8-18(25)26-10-9-19(28)24(2,23(30)34-26)21(26)20(25)22(29)33-13-16-5-3-4-6-17(16)27(31)32/h3-6,15,18-21,28H,1,7-13H2,2H3/t15-,18-,19+,20-,21-,24-,25+,26-/m1/s1. The smallest absolute Gasteiger partial charge is 0.315 e. The molecule has 0 amide bonds. The lowest BCUT2D eigenvalue weighted by molar-refractivity contribution is -0.385. The van der Waals surface area contributed by atoms with Crippen LogP contribution in [-0.4, -0.2) is 33.7 Å². The molecular weight excluding hydrogens is 438 g/mol. The van der Waals surface area contributed by atoms with E-state index in [4.69, 9.17) is 9.47 Å². The largest absolute Gasteiger partial charge is 0.460 e. The summed E-state index contributed by atoms with van der Waals surface area (Å²) < 4.78 is 12.0. The van der Waals surface area contributed by atoms with E-state index in [0.29, 0.717) is 30.7 Å². The number of fused-ring (bicyclic) bond motifs is 1. The Labute approximate surface area is 197 Å². The van der Waals surface area contributed by atoms with Crippen molar-refractivity contribution in [2.24, 2.45) is 34.5 Å². The molecule has 1 N–H and O–H groups in total. The maximum Gasteiger partial charge on any atom is 0.315 e. The Morgan fingerprint density at radius 3 is 2.85 bits per heavy atom. The van der Waals surface area contributed by atoms with Gasteiger partial charge in [0.1, 0.15) is 12.2 Å². The number of carbonyl (C=O) groups excluding carboxylic acids is 2. The lowest BCUT2D eigenvalue weighted by Gasteiger charge is -2.44. The Bertz CT molecular complexity index is 1130. The Hall–Kier alpha value is -2.74. The number of rotatable bonds is 4. The van der Waals surface area contributed by atoms with Crippen molar-refractivity contribution in [2.75, 3.05) is 0 Å². The van der Waals surface area contributed by atoms with Crippen molar-refractivity contribution in [3.05, 3.63) is 52.1 Å². The molecule has 8 atom stereocenters. The minimum atomic E-state index is -1.17. The van der Waals surface area contributed by atoms with Gasteiger partial charge in [0, 0.05) is 17.9 Å². The second-order valence-electron chi connectivity index (χ2n) is 11.2. The van der Waals surface area contributed by atoms with E-state index in [9.17, 15) is 24.8 Å². The first-order valence-electron chi connectivity index (χ1n) is 12.1. The molecule has 180 valence electrons. The predicted molar refractivity (Wildman–Crippen MR) is 119 cm³/mol. The van der Waals surface area contributed by atoms with E-state index in [1.54, 1.807) is 25.1 Å². The first-order chi connectivity index (χ1) is 16.1. The van der Waals surface area contributed by atoms with Crippen molar-refractivity contribution >= 4 is 17.6 Å². The number of esters is 2. The van der Waals surface area contributed by atoms with E-state index in [1.807, 2.05) is 0 Å². The fourth-order valence-corrected chi connectivity index (χ4v) is 8.69. The van der Waals surface area contributed by atoms with Gasteiger partial charge in [-0.3, -0.25) is 19.7 Å². The molecule has 8 heteroatoms. The molecule has 4 aliphatic carbocycles. The monoisotopic (exact) mass is 467 g/mol. The van der Waals surface area contributed by atoms with Crippen molar-refractivity contribution < 1.29 is 29.1 Å². The second-order valence-corrected chi connectivity index (χ2v) is 11.2. The summed E-state index contributed by atoms with van der Waals surface area (Å²) in [5.74, 6) is -1.64. The highest BCUT2D eigenvalue weighted by Gasteiger charge is 2.83. The number of aliphatic hydroxyl groups is 1. The highest BCUT2D eigenvalue weighted by Crippen LogP contribution is 2.78. The maximum absolute atomic E-state index is 13.9. The normalized spacial score (nSPS) is 43.8. The maximum atomic E-state index is 13.9. The summed E-state index contributed by atoms with van der Waals surface area (Å²) in [7, 11) is 0. The molecule has 1 aromatic rings. The molecule has 0 unspecified atom stereocenters. The zero-order chi connectivity index (χ0) is 24.0. The van der Waals surface area contributed by atoms with E-state index in [-0.39, 0.29) is 18.2 Å². The molecule has 1 heterocycles. The molecule has 4 bridgehead atoms. The predicted octanol–water partition coefficient (Wildman–Crippen LogP) is 3.70. The number of ether oxygens (including phenoxy) is 2. The molecule has 0 aromatic heterocycles. The Kier molecular flexibility index (Phi) is 4.42. The molecule has 5 aliphatic rings. The van der Waals surface area contributed by atoms with Crippen LogP contribution >= 0.6 is 0 Å². The summed E-state index contributed by atoms with van der Waals surface area (Å²) >= 11 is 0. The van der Waals surface area contributed by atoms with Crippen LogP contribution in [0.2, 0.25) is 0 Å². The van der Waals surface area contributed by atoms with Gasteiger partial charge in [-0.2, -0.15) is 0 Å². The zero-order valence-electron chi connectivity index (χ0n) is 19.2. The van der Waals surface area contributed by atoms with Crippen LogP contribution in [0.25, 0.3) is 0 Å². The van der Waals surface area contributed by atoms with Crippen LogP contribution < -0.4 is 0 Å². The number of hydrogen-bond donors (Lipinski definition) is 1. The number of benzene rings is 1. The average molecular weight is 468 g/mol. The summed E-state index contributed by atoms with van der Waals surface area (Å²) in [6.07, 6.45) is 3.44. The molecule has 1 aromatic carbocycles. The number of aliphatic hydroxyl groups excluding tert-OH is 1. The summed E-state index contributed by atoms with van der Waals surface area (Å²) in [6.45, 7) is 5.83. The lowest BCUT2D eigenvalue weighted by Crippen LogP contribution is -2.53. The summed E-state index contributed by atoms with van der Waals surface area (Å²) in [6, 6.07) is 6.22. The summed E-state index contributed by atoms with van der Waals surface area (Å²) in [5.41, 5.74) is -1.00. The average Bonchev–Trinajstić information content (AvgIpc) is 3.27. The van der Waals surface area contributed by atoms with Gasteiger partial charge in [-0.25, -0.2) is 0 Å². The van der Waals surface area contributed by atoms with E-state index >= 15 is 0 Å². The highest BCUT2D eigenvalue weighted by molar-refractivity contribution is 5.86. The molecule has 8 nitrogen and oxygen atoms in total. The van der Waals surface area contributed by atoms with E-state index in [1.165, 1.54) is 6.07 Å². The molecule has 6 rings (SSSR count). The third kappa shape index (κ3) is 2.47. The van der Waals surface area contributed by atoms with Crippen molar-refractivity contribution in [1.82, 2.24) is 0 Å². The Morgan fingerprint density at radius 1 is 1.32 bits per heavy atom. The van der Waals surface area contributed by atoms with Gasteiger partial charge in [0.25, 0.3) is 5.69 Å². The van der Waals surface area contributed by atoms with E-state index < -0.39 is 51.2 Å². The van der Waals surface area contributed by atoms with Crippen molar-refractivity contribution in [3.8, 4) is 0 Å². The number of nitro groups is 1. The van der Waals surface area contributed by atoms with Crippen LogP contribution in [-0.2, 0) is 25.7 Å². The highest BCUT2D eigenvalue weighted by atomic mass is 16.6.